The molecule has 2 rings (SSSR count). The first kappa shape index (κ1) is 17.4. The minimum Gasteiger partial charge on any atom is -0.379 e. The quantitative estimate of drug-likeness (QED) is 0.769. The molecule has 5 heteroatoms. The molecule has 0 N–H and O–H groups in total. The summed E-state index contributed by atoms with van der Waals surface area (Å²) in [7, 11) is 0. The van der Waals surface area contributed by atoms with E-state index in [-0.39, 0.29) is 0 Å². The van der Waals surface area contributed by atoms with Crippen molar-refractivity contribution in [1.82, 2.24) is 14.7 Å². The molecule has 2 fully saturated rings. The van der Waals surface area contributed by atoms with E-state index < -0.39 is 0 Å². The fourth-order valence-electron chi connectivity index (χ4n) is 2.55. The molecule has 0 atom stereocenters. The summed E-state index contributed by atoms with van der Waals surface area (Å²) < 4.78 is 5.34. The van der Waals surface area contributed by atoms with Crippen molar-refractivity contribution in [3.63, 3.8) is 0 Å². The van der Waals surface area contributed by atoms with E-state index in [9.17, 15) is 4.79 Å². The molecule has 2 heterocycles. The van der Waals surface area contributed by atoms with Gasteiger partial charge >= 0.3 is 0 Å². The lowest BCUT2D eigenvalue weighted by atomic mass is 10.3. The summed E-state index contributed by atoms with van der Waals surface area (Å²) in [5, 5.41) is 0. The third kappa shape index (κ3) is 5.77. The summed E-state index contributed by atoms with van der Waals surface area (Å²) in [5.74, 6) is 0.294. The first-order valence-electron chi connectivity index (χ1n) is 8.10. The van der Waals surface area contributed by atoms with Crippen LogP contribution >= 0.6 is 0 Å². The number of ether oxygens (including phenoxy) is 1. The number of morpholine rings is 1. The Morgan fingerprint density at radius 3 is 1.90 bits per heavy atom. The molecule has 2 saturated heterocycles. The van der Waals surface area contributed by atoms with Crippen molar-refractivity contribution >= 4 is 5.91 Å². The van der Waals surface area contributed by atoms with Gasteiger partial charge in [0.15, 0.2) is 0 Å². The number of hydrogen-bond acceptors (Lipinski definition) is 4. The predicted molar refractivity (Wildman–Crippen MR) is 81.9 cm³/mol. The third-order valence-electron chi connectivity index (χ3n) is 3.86. The standard InChI is InChI=1S/C13H25N3O2.C2H6/c1-2-13(17)16-7-5-14(6-8-16)3-4-15-9-11-18-12-10-15;1-2/h2-12H2,1H3;1-2H3. The monoisotopic (exact) mass is 285 g/mol. The van der Waals surface area contributed by atoms with Gasteiger partial charge < -0.3 is 9.64 Å². The fourth-order valence-corrected chi connectivity index (χ4v) is 2.55. The summed E-state index contributed by atoms with van der Waals surface area (Å²) in [5.41, 5.74) is 0. The molecule has 0 aromatic carbocycles. The molecule has 2 aliphatic heterocycles. The first-order chi connectivity index (χ1) is 9.79. The zero-order valence-corrected chi connectivity index (χ0v) is 13.4. The Bertz CT molecular complexity index is 260. The van der Waals surface area contributed by atoms with E-state index in [4.69, 9.17) is 4.74 Å². The van der Waals surface area contributed by atoms with Gasteiger partial charge in [-0.25, -0.2) is 0 Å². The van der Waals surface area contributed by atoms with Crippen molar-refractivity contribution in [1.29, 1.82) is 0 Å². The third-order valence-corrected chi connectivity index (χ3v) is 3.86. The number of carbonyl (C=O) groups excluding carboxylic acids is 1. The SMILES string of the molecule is CC.CCC(=O)N1CCN(CCN2CCOCC2)CC1. The van der Waals surface area contributed by atoms with E-state index in [0.717, 1.165) is 65.6 Å². The molecule has 0 radical (unpaired) electrons. The highest BCUT2D eigenvalue weighted by Crippen LogP contribution is 2.04. The minimum atomic E-state index is 0.294. The van der Waals surface area contributed by atoms with Crippen molar-refractivity contribution < 1.29 is 9.53 Å². The average Bonchev–Trinajstić information content (AvgIpc) is 2.55. The van der Waals surface area contributed by atoms with E-state index in [1.54, 1.807) is 0 Å². The van der Waals surface area contributed by atoms with Crippen LogP contribution < -0.4 is 0 Å². The summed E-state index contributed by atoms with van der Waals surface area (Å²) in [4.78, 5) is 18.5. The summed E-state index contributed by atoms with van der Waals surface area (Å²) in [6, 6.07) is 0. The second kappa shape index (κ2) is 10.1. The lowest BCUT2D eigenvalue weighted by Crippen LogP contribution is -2.50. The van der Waals surface area contributed by atoms with Crippen molar-refractivity contribution in [3.8, 4) is 0 Å². The lowest BCUT2D eigenvalue weighted by Gasteiger charge is -2.36. The second-order valence-electron chi connectivity index (χ2n) is 5.03. The van der Waals surface area contributed by atoms with Gasteiger partial charge in [-0.2, -0.15) is 0 Å². The number of nitrogens with zero attached hydrogens (tertiary/aromatic N) is 3. The molecule has 0 aliphatic carbocycles. The van der Waals surface area contributed by atoms with Gasteiger partial charge in [-0.15, -0.1) is 0 Å². The van der Waals surface area contributed by atoms with Gasteiger partial charge in [-0.1, -0.05) is 20.8 Å². The second-order valence-corrected chi connectivity index (χ2v) is 5.03. The maximum atomic E-state index is 11.6. The van der Waals surface area contributed by atoms with Crippen LogP contribution in [0, 0.1) is 0 Å². The molecule has 1 amide bonds. The van der Waals surface area contributed by atoms with Crippen molar-refractivity contribution in [2.45, 2.75) is 27.2 Å². The van der Waals surface area contributed by atoms with Gasteiger partial charge in [-0.05, 0) is 0 Å². The molecule has 2 aliphatic rings. The highest BCUT2D eigenvalue weighted by molar-refractivity contribution is 5.75. The Kier molecular flexibility index (Phi) is 8.82. The minimum absolute atomic E-state index is 0.294. The first-order valence-corrected chi connectivity index (χ1v) is 8.10. The average molecular weight is 285 g/mol. The lowest BCUT2D eigenvalue weighted by molar-refractivity contribution is -0.132. The highest BCUT2D eigenvalue weighted by atomic mass is 16.5. The van der Waals surface area contributed by atoms with Crippen LogP contribution in [-0.4, -0.2) is 86.2 Å². The maximum absolute atomic E-state index is 11.6. The summed E-state index contributed by atoms with van der Waals surface area (Å²) >= 11 is 0. The van der Waals surface area contributed by atoms with Gasteiger partial charge in [0.05, 0.1) is 13.2 Å². The van der Waals surface area contributed by atoms with E-state index >= 15 is 0 Å². The Balaban J connectivity index is 0.000000956. The van der Waals surface area contributed by atoms with Gasteiger partial charge in [0.2, 0.25) is 5.91 Å². The molecule has 5 nitrogen and oxygen atoms in total. The Morgan fingerprint density at radius 1 is 0.900 bits per heavy atom. The van der Waals surface area contributed by atoms with Crippen LogP contribution in [-0.2, 0) is 9.53 Å². The maximum Gasteiger partial charge on any atom is 0.222 e. The van der Waals surface area contributed by atoms with Gasteiger partial charge in [0.1, 0.15) is 0 Å². The van der Waals surface area contributed by atoms with Gasteiger partial charge in [-0.3, -0.25) is 14.6 Å². The van der Waals surface area contributed by atoms with Gasteiger partial charge in [0.25, 0.3) is 0 Å². The number of carbonyl (C=O) groups is 1. The summed E-state index contributed by atoms with van der Waals surface area (Å²) in [6.45, 7) is 15.9. The van der Waals surface area contributed by atoms with E-state index in [1.165, 1.54) is 0 Å². The van der Waals surface area contributed by atoms with Crippen LogP contribution in [0.4, 0.5) is 0 Å². The Morgan fingerprint density at radius 2 is 1.40 bits per heavy atom. The number of rotatable bonds is 4. The zero-order valence-electron chi connectivity index (χ0n) is 13.4. The Hall–Kier alpha value is -0.650. The molecule has 0 saturated carbocycles. The molecule has 0 unspecified atom stereocenters. The number of piperazine rings is 1. The molecular formula is C15H31N3O2. The molecule has 0 aromatic rings. The van der Waals surface area contributed by atoms with Crippen LogP contribution in [0.3, 0.4) is 0 Å². The largest absolute Gasteiger partial charge is 0.379 e. The van der Waals surface area contributed by atoms with Crippen molar-refractivity contribution in [3.05, 3.63) is 0 Å². The normalized spacial score (nSPS) is 21.2. The molecular weight excluding hydrogens is 254 g/mol. The van der Waals surface area contributed by atoms with E-state index in [1.807, 2.05) is 25.7 Å². The van der Waals surface area contributed by atoms with Crippen LogP contribution in [0.25, 0.3) is 0 Å². The molecule has 118 valence electrons. The van der Waals surface area contributed by atoms with Crippen LogP contribution in [0.15, 0.2) is 0 Å². The highest BCUT2D eigenvalue weighted by Gasteiger charge is 2.20. The summed E-state index contributed by atoms with van der Waals surface area (Å²) in [6.07, 6.45) is 0.633. The molecule has 0 bridgehead atoms. The smallest absolute Gasteiger partial charge is 0.222 e. The number of hydrogen-bond donors (Lipinski definition) is 0. The Labute approximate surface area is 123 Å². The molecule has 0 spiro atoms. The molecule has 0 aromatic heterocycles. The molecule has 20 heavy (non-hydrogen) atoms. The van der Waals surface area contributed by atoms with Crippen molar-refractivity contribution in [2.24, 2.45) is 0 Å². The fraction of sp³-hybridized carbons (Fsp3) is 0.933. The zero-order chi connectivity index (χ0) is 14.8. The van der Waals surface area contributed by atoms with Gasteiger partial charge in [0, 0.05) is 58.8 Å². The number of amides is 1. The van der Waals surface area contributed by atoms with E-state index in [0.29, 0.717) is 12.3 Å². The topological polar surface area (TPSA) is 36.0 Å². The predicted octanol–water partition coefficient (Wildman–Crippen LogP) is 0.899. The van der Waals surface area contributed by atoms with Crippen LogP contribution in [0.1, 0.15) is 27.2 Å². The van der Waals surface area contributed by atoms with Crippen LogP contribution in [0.2, 0.25) is 0 Å². The van der Waals surface area contributed by atoms with Crippen molar-refractivity contribution in [2.75, 3.05) is 65.6 Å². The van der Waals surface area contributed by atoms with E-state index in [2.05, 4.69) is 9.80 Å². The van der Waals surface area contributed by atoms with Crippen LogP contribution in [0.5, 0.6) is 0 Å².